The molecule has 1 atom stereocenters. The molecule has 0 aliphatic rings. The quantitative estimate of drug-likeness (QED) is 0.846. The van der Waals surface area contributed by atoms with Crippen molar-refractivity contribution in [1.82, 2.24) is 10.3 Å². The Morgan fingerprint density at radius 2 is 1.81 bits per heavy atom. The van der Waals surface area contributed by atoms with Gasteiger partial charge in [-0.25, -0.2) is 0 Å². The Morgan fingerprint density at radius 3 is 2.48 bits per heavy atom. The maximum absolute atomic E-state index is 12.5. The number of aromatic nitrogens is 1. The summed E-state index contributed by atoms with van der Waals surface area (Å²) in [6.45, 7) is 6.18. The fourth-order valence-corrected chi connectivity index (χ4v) is 2.94. The molecule has 1 unspecified atom stereocenters. The van der Waals surface area contributed by atoms with Crippen molar-refractivity contribution in [1.29, 1.82) is 0 Å². The Labute approximate surface area is 130 Å². The van der Waals surface area contributed by atoms with E-state index in [0.29, 0.717) is 5.25 Å². The van der Waals surface area contributed by atoms with Crippen molar-refractivity contribution in [3.8, 4) is 0 Å². The SMILES string of the molecule is CC(C)Sc1ccccc1C(=O)NC(C)c1ccccn1. The third-order valence-corrected chi connectivity index (χ3v) is 4.05. The molecule has 1 aromatic carbocycles. The summed E-state index contributed by atoms with van der Waals surface area (Å²) in [6, 6.07) is 13.3. The van der Waals surface area contributed by atoms with Gasteiger partial charge in [0.2, 0.25) is 0 Å². The lowest BCUT2D eigenvalue weighted by atomic mass is 10.1. The molecule has 2 aromatic rings. The van der Waals surface area contributed by atoms with Crippen molar-refractivity contribution in [3.05, 3.63) is 59.9 Å². The van der Waals surface area contributed by atoms with E-state index in [1.165, 1.54) is 0 Å². The van der Waals surface area contributed by atoms with Gasteiger partial charge in [-0.2, -0.15) is 0 Å². The Bertz CT molecular complexity index is 599. The maximum Gasteiger partial charge on any atom is 0.252 e. The molecule has 1 aromatic heterocycles. The normalized spacial score (nSPS) is 12.2. The van der Waals surface area contributed by atoms with Gasteiger partial charge < -0.3 is 5.32 Å². The average molecular weight is 300 g/mol. The summed E-state index contributed by atoms with van der Waals surface area (Å²) < 4.78 is 0. The summed E-state index contributed by atoms with van der Waals surface area (Å²) in [4.78, 5) is 17.8. The van der Waals surface area contributed by atoms with Crippen molar-refractivity contribution < 1.29 is 4.79 Å². The second kappa shape index (κ2) is 7.27. The molecule has 0 aliphatic carbocycles. The lowest BCUT2D eigenvalue weighted by Gasteiger charge is -2.15. The number of benzene rings is 1. The number of carbonyl (C=O) groups excluding carboxylic acids is 1. The molecule has 0 spiro atoms. The van der Waals surface area contributed by atoms with E-state index in [2.05, 4.69) is 24.1 Å². The second-order valence-electron chi connectivity index (χ2n) is 5.11. The molecule has 110 valence electrons. The molecular formula is C17H20N2OS. The minimum atomic E-state index is -0.115. The number of thioether (sulfide) groups is 1. The third-order valence-electron chi connectivity index (χ3n) is 2.97. The number of pyridine rings is 1. The van der Waals surface area contributed by atoms with Crippen molar-refractivity contribution in [2.75, 3.05) is 0 Å². The van der Waals surface area contributed by atoms with Gasteiger partial charge in [-0.1, -0.05) is 32.0 Å². The van der Waals surface area contributed by atoms with Crippen molar-refractivity contribution in [2.24, 2.45) is 0 Å². The van der Waals surface area contributed by atoms with Crippen LogP contribution in [0.4, 0.5) is 0 Å². The van der Waals surface area contributed by atoms with Gasteiger partial charge in [-0.15, -0.1) is 11.8 Å². The highest BCUT2D eigenvalue weighted by Gasteiger charge is 2.15. The van der Waals surface area contributed by atoms with E-state index < -0.39 is 0 Å². The Hall–Kier alpha value is -1.81. The van der Waals surface area contributed by atoms with Gasteiger partial charge in [0, 0.05) is 16.3 Å². The monoisotopic (exact) mass is 300 g/mol. The third kappa shape index (κ3) is 4.33. The van der Waals surface area contributed by atoms with Gasteiger partial charge >= 0.3 is 0 Å². The molecule has 0 radical (unpaired) electrons. The first kappa shape index (κ1) is 15.6. The Morgan fingerprint density at radius 1 is 1.10 bits per heavy atom. The molecule has 0 saturated carbocycles. The highest BCUT2D eigenvalue weighted by atomic mass is 32.2. The van der Waals surface area contributed by atoms with Crippen LogP contribution in [-0.4, -0.2) is 16.1 Å². The van der Waals surface area contributed by atoms with Crippen LogP contribution in [0.1, 0.15) is 42.9 Å². The van der Waals surface area contributed by atoms with Crippen molar-refractivity contribution in [3.63, 3.8) is 0 Å². The molecule has 0 fully saturated rings. The molecule has 2 rings (SSSR count). The first-order chi connectivity index (χ1) is 10.1. The van der Waals surface area contributed by atoms with E-state index in [-0.39, 0.29) is 11.9 Å². The minimum Gasteiger partial charge on any atom is -0.344 e. The van der Waals surface area contributed by atoms with Crippen LogP contribution in [0.15, 0.2) is 53.6 Å². The lowest BCUT2D eigenvalue weighted by Crippen LogP contribution is -2.27. The number of nitrogens with zero attached hydrogens (tertiary/aromatic N) is 1. The topological polar surface area (TPSA) is 42.0 Å². The molecule has 21 heavy (non-hydrogen) atoms. The van der Waals surface area contributed by atoms with E-state index in [9.17, 15) is 4.79 Å². The van der Waals surface area contributed by atoms with Gasteiger partial charge in [0.15, 0.2) is 0 Å². The predicted octanol–water partition coefficient (Wildman–Crippen LogP) is 4.07. The standard InChI is InChI=1S/C17H20N2OS/c1-12(2)21-16-10-5-4-8-14(16)17(20)19-13(3)15-9-6-7-11-18-15/h4-13H,1-3H3,(H,19,20). The van der Waals surface area contributed by atoms with Crippen LogP contribution in [0.5, 0.6) is 0 Å². The molecule has 1 amide bonds. The van der Waals surface area contributed by atoms with E-state index >= 15 is 0 Å². The summed E-state index contributed by atoms with van der Waals surface area (Å²) in [5.41, 5.74) is 1.58. The van der Waals surface area contributed by atoms with Gasteiger partial charge in [0.05, 0.1) is 17.3 Å². The number of hydrogen-bond donors (Lipinski definition) is 1. The summed E-state index contributed by atoms with van der Waals surface area (Å²) in [6.07, 6.45) is 1.74. The molecule has 1 heterocycles. The van der Waals surface area contributed by atoms with Gasteiger partial charge in [-0.05, 0) is 31.2 Å². The molecule has 0 saturated heterocycles. The highest BCUT2D eigenvalue weighted by molar-refractivity contribution is 8.00. The average Bonchev–Trinajstić information content (AvgIpc) is 2.48. The Balaban J connectivity index is 2.14. The first-order valence-electron chi connectivity index (χ1n) is 7.05. The van der Waals surface area contributed by atoms with Crippen LogP contribution in [0, 0.1) is 0 Å². The van der Waals surface area contributed by atoms with Crippen LogP contribution in [0.25, 0.3) is 0 Å². The fraction of sp³-hybridized carbons (Fsp3) is 0.294. The fourth-order valence-electron chi connectivity index (χ4n) is 1.99. The zero-order valence-corrected chi connectivity index (χ0v) is 13.4. The van der Waals surface area contributed by atoms with Gasteiger partial charge in [0.25, 0.3) is 5.91 Å². The number of nitrogens with one attached hydrogen (secondary N) is 1. The number of amides is 1. The molecule has 3 nitrogen and oxygen atoms in total. The number of carbonyl (C=O) groups is 1. The van der Waals surface area contributed by atoms with Crippen LogP contribution >= 0.6 is 11.8 Å². The first-order valence-corrected chi connectivity index (χ1v) is 7.93. The Kier molecular flexibility index (Phi) is 5.39. The number of hydrogen-bond acceptors (Lipinski definition) is 3. The van der Waals surface area contributed by atoms with Crippen molar-refractivity contribution in [2.45, 2.75) is 37.0 Å². The van der Waals surface area contributed by atoms with E-state index in [4.69, 9.17) is 0 Å². The minimum absolute atomic E-state index is 0.0584. The van der Waals surface area contributed by atoms with E-state index in [1.807, 2.05) is 49.4 Å². The lowest BCUT2D eigenvalue weighted by molar-refractivity contribution is 0.0936. The van der Waals surface area contributed by atoms with Crippen molar-refractivity contribution >= 4 is 17.7 Å². The van der Waals surface area contributed by atoms with Crippen LogP contribution in [-0.2, 0) is 0 Å². The van der Waals surface area contributed by atoms with Crippen LogP contribution in [0.3, 0.4) is 0 Å². The molecule has 1 N–H and O–H groups in total. The maximum atomic E-state index is 12.5. The number of rotatable bonds is 5. The second-order valence-corrected chi connectivity index (χ2v) is 6.73. The molecule has 0 aliphatic heterocycles. The summed E-state index contributed by atoms with van der Waals surface area (Å²) in [7, 11) is 0. The summed E-state index contributed by atoms with van der Waals surface area (Å²) >= 11 is 1.70. The largest absolute Gasteiger partial charge is 0.344 e. The zero-order valence-electron chi connectivity index (χ0n) is 12.5. The molecule has 0 bridgehead atoms. The van der Waals surface area contributed by atoms with E-state index in [1.54, 1.807) is 18.0 Å². The van der Waals surface area contributed by atoms with Gasteiger partial charge in [0.1, 0.15) is 0 Å². The smallest absolute Gasteiger partial charge is 0.252 e. The summed E-state index contributed by atoms with van der Waals surface area (Å²) in [5.74, 6) is -0.0584. The molecule has 4 heteroatoms. The van der Waals surface area contributed by atoms with E-state index in [0.717, 1.165) is 16.2 Å². The van der Waals surface area contributed by atoms with Gasteiger partial charge in [-0.3, -0.25) is 9.78 Å². The van der Waals surface area contributed by atoms with Crippen LogP contribution < -0.4 is 5.32 Å². The summed E-state index contributed by atoms with van der Waals surface area (Å²) in [5, 5.41) is 3.45. The highest BCUT2D eigenvalue weighted by Crippen LogP contribution is 2.26. The zero-order chi connectivity index (χ0) is 15.2. The molecular weight excluding hydrogens is 280 g/mol. The van der Waals surface area contributed by atoms with Crippen LogP contribution in [0.2, 0.25) is 0 Å². The predicted molar refractivity (Wildman–Crippen MR) is 87.6 cm³/mol.